The van der Waals surface area contributed by atoms with Crippen LogP contribution >= 0.6 is 0 Å². The minimum Gasteiger partial charge on any atom is -0.394 e. The molecule has 0 saturated carbocycles. The standard InChI is InChI=1S/C34H65NO9/c1-3-5-7-9-11-13-14-15-17-18-20-22-27(37)26(25-43-34-32(41)31(40)30(39)29(24-36)44-34)35-33(42)28(38)23-21-19-16-12-10-8-6-4-2/h20,22,26-32,34,36-41H,3-19,21,23-25H2,1-2H3,(H,35,42)/b22-20+. The number of carbonyl (C=O) groups excluding carboxylic acids is 1. The summed E-state index contributed by atoms with van der Waals surface area (Å²) in [6.07, 6.45) is 14.7. The van der Waals surface area contributed by atoms with Gasteiger partial charge in [-0.2, -0.15) is 0 Å². The molecule has 44 heavy (non-hydrogen) atoms. The van der Waals surface area contributed by atoms with Crippen LogP contribution in [0.25, 0.3) is 0 Å². The molecule has 1 heterocycles. The second-order valence-electron chi connectivity index (χ2n) is 12.5. The molecule has 0 aromatic rings. The molecule has 0 aromatic heterocycles. The third-order valence-electron chi connectivity index (χ3n) is 8.47. The third kappa shape index (κ3) is 17.5. The number of nitrogens with one attached hydrogen (secondary N) is 1. The monoisotopic (exact) mass is 631 g/mol. The zero-order valence-electron chi connectivity index (χ0n) is 27.5. The van der Waals surface area contributed by atoms with Crippen LogP contribution in [-0.2, 0) is 14.3 Å². The molecule has 0 radical (unpaired) electrons. The summed E-state index contributed by atoms with van der Waals surface area (Å²) in [5.41, 5.74) is 0. The van der Waals surface area contributed by atoms with Crippen molar-refractivity contribution in [3.63, 3.8) is 0 Å². The van der Waals surface area contributed by atoms with Crippen molar-refractivity contribution in [2.24, 2.45) is 0 Å². The minimum absolute atomic E-state index is 0.303. The van der Waals surface area contributed by atoms with Gasteiger partial charge in [-0.25, -0.2) is 0 Å². The Morgan fingerprint density at radius 3 is 1.84 bits per heavy atom. The van der Waals surface area contributed by atoms with Crippen LogP contribution in [-0.4, -0.2) is 98.7 Å². The SMILES string of the molecule is CCCCCCCCCCC/C=C/C(O)C(COC1OC(CO)C(O)C(O)C1O)NC(=O)C(O)CCCCCCCCCC. The molecule has 0 aliphatic carbocycles. The van der Waals surface area contributed by atoms with Gasteiger partial charge >= 0.3 is 0 Å². The van der Waals surface area contributed by atoms with Gasteiger partial charge in [0.2, 0.25) is 5.91 Å². The molecule has 1 saturated heterocycles. The Labute approximate surface area is 266 Å². The van der Waals surface area contributed by atoms with E-state index in [1.54, 1.807) is 6.08 Å². The largest absolute Gasteiger partial charge is 0.394 e. The maximum absolute atomic E-state index is 12.8. The Morgan fingerprint density at radius 1 is 0.773 bits per heavy atom. The van der Waals surface area contributed by atoms with Crippen LogP contribution in [0.3, 0.4) is 0 Å². The molecule has 0 spiro atoms. The minimum atomic E-state index is -1.60. The highest BCUT2D eigenvalue weighted by molar-refractivity contribution is 5.80. The number of amides is 1. The summed E-state index contributed by atoms with van der Waals surface area (Å²) < 4.78 is 11.0. The highest BCUT2D eigenvalue weighted by atomic mass is 16.7. The Hall–Kier alpha value is -1.11. The Balaban J connectivity index is 2.60. The highest BCUT2D eigenvalue weighted by Crippen LogP contribution is 2.22. The Morgan fingerprint density at radius 2 is 1.30 bits per heavy atom. The first-order chi connectivity index (χ1) is 21.3. The lowest BCUT2D eigenvalue weighted by Crippen LogP contribution is -2.60. The topological polar surface area (TPSA) is 169 Å². The first-order valence-corrected chi connectivity index (χ1v) is 17.5. The summed E-state index contributed by atoms with van der Waals surface area (Å²) in [5.74, 6) is -0.623. The molecule has 1 aliphatic rings. The fourth-order valence-electron chi connectivity index (χ4n) is 5.45. The van der Waals surface area contributed by atoms with Crippen molar-refractivity contribution in [3.05, 3.63) is 12.2 Å². The van der Waals surface area contributed by atoms with Crippen LogP contribution in [0.2, 0.25) is 0 Å². The molecule has 8 unspecified atom stereocenters. The van der Waals surface area contributed by atoms with Gasteiger partial charge in [-0.3, -0.25) is 4.79 Å². The summed E-state index contributed by atoms with van der Waals surface area (Å²) in [7, 11) is 0. The number of carbonyl (C=O) groups is 1. The van der Waals surface area contributed by atoms with Crippen molar-refractivity contribution in [1.29, 1.82) is 0 Å². The molecular weight excluding hydrogens is 566 g/mol. The zero-order valence-corrected chi connectivity index (χ0v) is 27.5. The molecule has 1 rings (SSSR count). The lowest BCUT2D eigenvalue weighted by molar-refractivity contribution is -0.302. The number of unbranched alkanes of at least 4 members (excludes halogenated alkanes) is 16. The maximum Gasteiger partial charge on any atom is 0.249 e. The van der Waals surface area contributed by atoms with Gasteiger partial charge in [0.15, 0.2) is 6.29 Å². The van der Waals surface area contributed by atoms with Crippen LogP contribution in [0.1, 0.15) is 136 Å². The molecule has 1 amide bonds. The third-order valence-corrected chi connectivity index (χ3v) is 8.47. The first-order valence-electron chi connectivity index (χ1n) is 17.5. The average Bonchev–Trinajstić information content (AvgIpc) is 3.02. The van der Waals surface area contributed by atoms with Crippen LogP contribution in [0, 0.1) is 0 Å². The number of ether oxygens (including phenoxy) is 2. The van der Waals surface area contributed by atoms with E-state index in [4.69, 9.17) is 9.47 Å². The number of aliphatic hydroxyl groups is 6. The number of hydrogen-bond acceptors (Lipinski definition) is 9. The number of allylic oxidation sites excluding steroid dienone is 1. The summed E-state index contributed by atoms with van der Waals surface area (Å²) >= 11 is 0. The van der Waals surface area contributed by atoms with Gasteiger partial charge in [0, 0.05) is 0 Å². The van der Waals surface area contributed by atoms with Crippen molar-refractivity contribution >= 4 is 5.91 Å². The van der Waals surface area contributed by atoms with E-state index < -0.39 is 61.5 Å². The predicted octanol–water partition coefficient (Wildman–Crippen LogP) is 4.02. The fourth-order valence-corrected chi connectivity index (χ4v) is 5.45. The van der Waals surface area contributed by atoms with Gasteiger partial charge in [-0.15, -0.1) is 0 Å². The van der Waals surface area contributed by atoms with Gasteiger partial charge < -0.3 is 45.4 Å². The van der Waals surface area contributed by atoms with Crippen molar-refractivity contribution < 1.29 is 44.9 Å². The van der Waals surface area contributed by atoms with E-state index in [-0.39, 0.29) is 6.61 Å². The number of hydrogen-bond donors (Lipinski definition) is 7. The summed E-state index contributed by atoms with van der Waals surface area (Å²) in [6, 6.07) is -0.970. The fraction of sp³-hybridized carbons (Fsp3) is 0.912. The number of aliphatic hydroxyl groups excluding tert-OH is 6. The van der Waals surface area contributed by atoms with Gasteiger partial charge in [0.25, 0.3) is 0 Å². The summed E-state index contributed by atoms with van der Waals surface area (Å²) in [5, 5.41) is 63.9. The Kier molecular flexibility index (Phi) is 24.2. The summed E-state index contributed by atoms with van der Waals surface area (Å²) in [6.45, 7) is 3.50. The second kappa shape index (κ2) is 26.0. The van der Waals surface area contributed by atoms with E-state index in [0.29, 0.717) is 6.42 Å². The van der Waals surface area contributed by atoms with Crippen molar-refractivity contribution in [3.8, 4) is 0 Å². The van der Waals surface area contributed by atoms with Crippen molar-refractivity contribution in [2.75, 3.05) is 13.2 Å². The van der Waals surface area contributed by atoms with Crippen LogP contribution in [0.15, 0.2) is 12.2 Å². The maximum atomic E-state index is 12.8. The van der Waals surface area contributed by atoms with Crippen LogP contribution in [0.4, 0.5) is 0 Å². The van der Waals surface area contributed by atoms with Gasteiger partial charge in [0.1, 0.15) is 30.5 Å². The van der Waals surface area contributed by atoms with Crippen LogP contribution in [0.5, 0.6) is 0 Å². The summed E-state index contributed by atoms with van der Waals surface area (Å²) in [4.78, 5) is 12.8. The van der Waals surface area contributed by atoms with Gasteiger partial charge in [-0.1, -0.05) is 129 Å². The molecule has 8 atom stereocenters. The Bertz CT molecular complexity index is 723. The molecule has 1 aliphatic heterocycles. The molecular formula is C34H65NO9. The highest BCUT2D eigenvalue weighted by Gasteiger charge is 2.44. The molecule has 10 nitrogen and oxygen atoms in total. The van der Waals surface area contributed by atoms with Gasteiger partial charge in [0.05, 0.1) is 25.4 Å². The molecule has 7 N–H and O–H groups in total. The quantitative estimate of drug-likeness (QED) is 0.0523. The molecule has 260 valence electrons. The van der Waals surface area contributed by atoms with E-state index in [9.17, 15) is 35.4 Å². The smallest absolute Gasteiger partial charge is 0.249 e. The van der Waals surface area contributed by atoms with E-state index in [2.05, 4.69) is 19.2 Å². The molecule has 10 heteroatoms. The molecule has 0 aromatic carbocycles. The van der Waals surface area contributed by atoms with E-state index in [0.717, 1.165) is 44.9 Å². The van der Waals surface area contributed by atoms with Crippen molar-refractivity contribution in [1.82, 2.24) is 5.32 Å². The zero-order chi connectivity index (χ0) is 32.6. The van der Waals surface area contributed by atoms with Gasteiger partial charge in [-0.05, 0) is 19.3 Å². The molecule has 0 bridgehead atoms. The van der Waals surface area contributed by atoms with Crippen LogP contribution < -0.4 is 5.32 Å². The molecule has 1 fully saturated rings. The predicted molar refractivity (Wildman–Crippen MR) is 172 cm³/mol. The lowest BCUT2D eigenvalue weighted by Gasteiger charge is -2.40. The van der Waals surface area contributed by atoms with E-state index >= 15 is 0 Å². The normalized spacial score (nSPS) is 24.4. The first kappa shape index (κ1) is 40.9. The average molecular weight is 632 g/mol. The van der Waals surface area contributed by atoms with E-state index in [1.165, 1.54) is 70.6 Å². The van der Waals surface area contributed by atoms with Crippen molar-refractivity contribution in [2.45, 2.75) is 185 Å². The second-order valence-corrected chi connectivity index (χ2v) is 12.5. The van der Waals surface area contributed by atoms with E-state index in [1.807, 2.05) is 6.08 Å². The lowest BCUT2D eigenvalue weighted by atomic mass is 9.99. The number of rotatable bonds is 27.